The normalized spacial score (nSPS) is 19.4. The van der Waals surface area contributed by atoms with Crippen LogP contribution in [0.1, 0.15) is 18.1 Å². The van der Waals surface area contributed by atoms with E-state index in [0.717, 1.165) is 16.9 Å². The molecular weight excluding hydrogens is 470 g/mol. The zero-order valence-electron chi connectivity index (χ0n) is 20.2. The van der Waals surface area contributed by atoms with Crippen LogP contribution >= 0.6 is 0 Å². The van der Waals surface area contributed by atoms with Crippen molar-refractivity contribution in [3.63, 3.8) is 0 Å². The maximum Gasteiger partial charge on any atom is 0.317 e. The first-order valence-corrected chi connectivity index (χ1v) is 12.1. The fraction of sp³-hybridized carbons (Fsp3) is 0.222. The monoisotopic (exact) mass is 495 g/mol. The molecule has 1 amide bonds. The Morgan fingerprint density at radius 2 is 1.81 bits per heavy atom. The van der Waals surface area contributed by atoms with Crippen LogP contribution in [0.4, 0.5) is 17.5 Å². The molecule has 4 heterocycles. The van der Waals surface area contributed by atoms with Crippen LogP contribution in [-0.4, -0.2) is 58.8 Å². The van der Waals surface area contributed by atoms with Crippen molar-refractivity contribution in [2.75, 3.05) is 35.2 Å². The molecule has 6 rings (SSSR count). The molecule has 186 valence electrons. The van der Waals surface area contributed by atoms with Gasteiger partial charge in [-0.25, -0.2) is 9.98 Å². The van der Waals surface area contributed by atoms with E-state index in [1.54, 1.807) is 6.20 Å². The Morgan fingerprint density at radius 1 is 1.00 bits per heavy atom. The molecule has 37 heavy (non-hydrogen) atoms. The third kappa shape index (κ3) is 4.66. The molecule has 2 atom stereocenters. The number of amides is 1. The number of hydrogen-bond donors (Lipinski definition) is 2. The Morgan fingerprint density at radius 3 is 2.68 bits per heavy atom. The van der Waals surface area contributed by atoms with Crippen LogP contribution in [0.15, 0.2) is 82.3 Å². The van der Waals surface area contributed by atoms with E-state index >= 15 is 0 Å². The number of aromatic nitrogens is 3. The van der Waals surface area contributed by atoms with Gasteiger partial charge in [0.15, 0.2) is 0 Å². The summed E-state index contributed by atoms with van der Waals surface area (Å²) >= 11 is 0. The minimum atomic E-state index is -0.982. The van der Waals surface area contributed by atoms with Gasteiger partial charge in [-0.05, 0) is 25.1 Å². The number of fused-ring (bicyclic) bond motifs is 1. The van der Waals surface area contributed by atoms with Gasteiger partial charge in [0.05, 0.1) is 29.7 Å². The van der Waals surface area contributed by atoms with Gasteiger partial charge in [0.2, 0.25) is 6.17 Å². The number of hydrogen-bond acceptors (Lipinski definition) is 9. The summed E-state index contributed by atoms with van der Waals surface area (Å²) in [5.74, 6) is 0.719. The Hall–Kier alpha value is -4.57. The summed E-state index contributed by atoms with van der Waals surface area (Å²) in [6.45, 7) is 4.08. The lowest BCUT2D eigenvalue weighted by Crippen LogP contribution is -2.41. The number of pyridine rings is 1. The molecule has 1 saturated heterocycles. The molecule has 2 aromatic carbocycles. The summed E-state index contributed by atoms with van der Waals surface area (Å²) in [5.41, 5.74) is 3.80. The molecule has 0 aliphatic carbocycles. The van der Waals surface area contributed by atoms with E-state index in [2.05, 4.69) is 30.7 Å². The van der Waals surface area contributed by atoms with Crippen molar-refractivity contribution in [2.24, 2.45) is 4.99 Å². The van der Waals surface area contributed by atoms with Crippen molar-refractivity contribution in [1.82, 2.24) is 15.2 Å². The number of para-hydroxylation sites is 1. The third-order valence-corrected chi connectivity index (χ3v) is 6.24. The van der Waals surface area contributed by atoms with Crippen LogP contribution in [0, 0.1) is 0 Å². The van der Waals surface area contributed by atoms with E-state index in [-0.39, 0.29) is 18.0 Å². The van der Waals surface area contributed by atoms with Gasteiger partial charge in [0.25, 0.3) is 11.8 Å². The molecular formula is C27H25N7O3. The molecule has 1 fully saturated rings. The van der Waals surface area contributed by atoms with E-state index in [1.165, 1.54) is 0 Å². The van der Waals surface area contributed by atoms with Crippen LogP contribution in [-0.2, 0) is 9.53 Å². The number of nitrogens with one attached hydrogen (secondary N) is 2. The minimum absolute atomic E-state index is 0.0856. The van der Waals surface area contributed by atoms with Gasteiger partial charge in [0.1, 0.15) is 5.82 Å². The SMILES string of the molecule is C[C@@H]1CN(c2ncccc2-c2nnc(N[C@H]3N=C(c4ccccc4)c4ccccc4NC3=O)o2)CCO1. The maximum absolute atomic E-state index is 13.1. The van der Waals surface area contributed by atoms with Gasteiger partial charge in [-0.2, -0.15) is 0 Å². The molecule has 10 heteroatoms. The lowest BCUT2D eigenvalue weighted by atomic mass is 10.0. The average molecular weight is 496 g/mol. The van der Waals surface area contributed by atoms with Gasteiger partial charge < -0.3 is 24.7 Å². The lowest BCUT2D eigenvalue weighted by molar-refractivity contribution is -0.116. The molecule has 0 bridgehead atoms. The van der Waals surface area contributed by atoms with Crippen LogP contribution in [0.3, 0.4) is 0 Å². The zero-order chi connectivity index (χ0) is 25.2. The van der Waals surface area contributed by atoms with Gasteiger partial charge in [0, 0.05) is 30.4 Å². The van der Waals surface area contributed by atoms with E-state index in [4.69, 9.17) is 14.1 Å². The number of ether oxygens (including phenoxy) is 1. The number of aliphatic imine (C=N–C) groups is 1. The Bertz CT molecular complexity index is 1450. The molecule has 0 spiro atoms. The highest BCUT2D eigenvalue weighted by Gasteiger charge is 2.28. The van der Waals surface area contributed by atoms with Gasteiger partial charge in [-0.15, -0.1) is 5.10 Å². The van der Waals surface area contributed by atoms with Crippen LogP contribution in [0.2, 0.25) is 0 Å². The van der Waals surface area contributed by atoms with E-state index in [1.807, 2.05) is 73.7 Å². The third-order valence-electron chi connectivity index (χ3n) is 6.24. The number of carbonyl (C=O) groups is 1. The largest absolute Gasteiger partial charge is 0.403 e. The van der Waals surface area contributed by atoms with Crippen molar-refractivity contribution >= 4 is 29.1 Å². The summed E-state index contributed by atoms with van der Waals surface area (Å²) < 4.78 is 11.6. The molecule has 2 aliphatic heterocycles. The quantitative estimate of drug-likeness (QED) is 0.431. The molecule has 2 aliphatic rings. The predicted molar refractivity (Wildman–Crippen MR) is 140 cm³/mol. The smallest absolute Gasteiger partial charge is 0.317 e. The standard InChI is InChI=1S/C27H25N7O3/c1-17-16-34(14-15-36-17)24-20(11-7-13-28-24)26-32-33-27(37-26)31-23-25(35)29-21-12-6-5-10-19(21)22(30-23)18-8-3-2-4-9-18/h2-13,17,23H,14-16H2,1H3,(H,29,35)(H,31,33)/t17-,23-/m1/s1. The number of nitrogens with zero attached hydrogens (tertiary/aromatic N) is 5. The molecule has 2 N–H and O–H groups in total. The number of morpholine rings is 1. The van der Waals surface area contributed by atoms with Gasteiger partial charge in [-0.3, -0.25) is 4.79 Å². The average Bonchev–Trinajstić information content (AvgIpc) is 3.35. The molecule has 0 saturated carbocycles. The summed E-state index contributed by atoms with van der Waals surface area (Å²) in [5, 5.41) is 14.3. The first kappa shape index (κ1) is 22.9. The topological polar surface area (TPSA) is 118 Å². The zero-order valence-corrected chi connectivity index (χ0v) is 20.2. The first-order valence-electron chi connectivity index (χ1n) is 12.1. The van der Waals surface area contributed by atoms with Crippen molar-refractivity contribution < 1.29 is 13.9 Å². The summed E-state index contributed by atoms with van der Waals surface area (Å²) in [6, 6.07) is 21.1. The van der Waals surface area contributed by atoms with E-state index in [9.17, 15) is 4.79 Å². The number of benzene rings is 2. The summed E-state index contributed by atoms with van der Waals surface area (Å²) in [6.07, 6.45) is 0.851. The second-order valence-electron chi connectivity index (χ2n) is 8.84. The second kappa shape index (κ2) is 9.82. The Labute approximate surface area is 213 Å². The number of benzodiazepines with no additional fused rings is 1. The van der Waals surface area contributed by atoms with E-state index in [0.29, 0.717) is 42.5 Å². The molecule has 10 nitrogen and oxygen atoms in total. The van der Waals surface area contributed by atoms with E-state index < -0.39 is 6.17 Å². The van der Waals surface area contributed by atoms with Crippen molar-refractivity contribution in [3.8, 4) is 11.5 Å². The number of anilines is 3. The van der Waals surface area contributed by atoms with Crippen LogP contribution in [0.25, 0.3) is 11.5 Å². The Kier molecular flexibility index (Phi) is 6.07. The van der Waals surface area contributed by atoms with Gasteiger partial charge >= 0.3 is 6.01 Å². The summed E-state index contributed by atoms with van der Waals surface area (Å²) in [7, 11) is 0. The van der Waals surface area contributed by atoms with Gasteiger partial charge in [-0.1, -0.05) is 53.6 Å². The van der Waals surface area contributed by atoms with Crippen molar-refractivity contribution in [1.29, 1.82) is 0 Å². The minimum Gasteiger partial charge on any atom is -0.403 e. The van der Waals surface area contributed by atoms with Crippen molar-refractivity contribution in [3.05, 3.63) is 84.1 Å². The van der Waals surface area contributed by atoms with Crippen LogP contribution in [0.5, 0.6) is 0 Å². The predicted octanol–water partition coefficient (Wildman–Crippen LogP) is 3.58. The second-order valence-corrected chi connectivity index (χ2v) is 8.84. The highest BCUT2D eigenvalue weighted by molar-refractivity contribution is 6.19. The van der Waals surface area contributed by atoms with Crippen molar-refractivity contribution in [2.45, 2.75) is 19.2 Å². The molecule has 4 aromatic rings. The Balaban J connectivity index is 1.31. The first-order chi connectivity index (χ1) is 18.2. The fourth-order valence-electron chi connectivity index (χ4n) is 4.51. The highest BCUT2D eigenvalue weighted by Crippen LogP contribution is 2.30. The summed E-state index contributed by atoms with van der Waals surface area (Å²) in [4.78, 5) is 24.6. The fourth-order valence-corrected chi connectivity index (χ4v) is 4.51. The highest BCUT2D eigenvalue weighted by atomic mass is 16.5. The van der Waals surface area contributed by atoms with Crippen LogP contribution < -0.4 is 15.5 Å². The maximum atomic E-state index is 13.1. The lowest BCUT2D eigenvalue weighted by Gasteiger charge is -2.32. The molecule has 0 unspecified atom stereocenters. The number of carbonyl (C=O) groups excluding carboxylic acids is 1. The molecule has 2 aromatic heterocycles. The number of rotatable bonds is 5. The molecule has 0 radical (unpaired) electrons.